The lowest BCUT2D eigenvalue weighted by molar-refractivity contribution is 0.0319. The Kier molecular flexibility index (Phi) is 10.1. The zero-order valence-corrected chi connectivity index (χ0v) is 18.5. The van der Waals surface area contributed by atoms with Gasteiger partial charge in [-0.05, 0) is 74.6 Å². The first-order valence-electron chi connectivity index (χ1n) is 11.2. The van der Waals surface area contributed by atoms with E-state index in [2.05, 4.69) is 13.8 Å². The minimum atomic E-state index is -0.409. The highest BCUT2D eigenvalue weighted by Gasteiger charge is 2.13. The van der Waals surface area contributed by atoms with Gasteiger partial charge in [-0.3, -0.25) is 0 Å². The number of hydrogen-bond donors (Lipinski definition) is 0. The second-order valence-corrected chi connectivity index (χ2v) is 7.78. The third kappa shape index (κ3) is 8.02. The molecule has 1 atom stereocenters. The summed E-state index contributed by atoms with van der Waals surface area (Å²) in [6, 6.07) is 14.0. The minimum absolute atomic E-state index is 0.104. The quantitative estimate of drug-likeness (QED) is 0.220. The molecule has 2 rings (SSSR count). The Morgan fingerprint density at radius 2 is 1.37 bits per heavy atom. The van der Waals surface area contributed by atoms with E-state index in [0.29, 0.717) is 16.9 Å². The number of unbranched alkanes of at least 4 members (excludes halogenated alkanes) is 4. The molecule has 0 bridgehead atoms. The molecule has 0 saturated carbocycles. The molecular formula is C26H34O4. The number of carbonyl (C=O) groups is 2. The fourth-order valence-electron chi connectivity index (χ4n) is 3.18. The van der Waals surface area contributed by atoms with Crippen LogP contribution in [0.2, 0.25) is 0 Å². The van der Waals surface area contributed by atoms with Crippen LogP contribution in [-0.2, 0) is 11.2 Å². The van der Waals surface area contributed by atoms with Gasteiger partial charge in [0.2, 0.25) is 0 Å². The molecule has 0 aliphatic rings. The average molecular weight is 411 g/mol. The molecular weight excluding hydrogens is 376 g/mol. The van der Waals surface area contributed by atoms with Gasteiger partial charge in [-0.2, -0.15) is 0 Å². The summed E-state index contributed by atoms with van der Waals surface area (Å²) in [7, 11) is 0. The van der Waals surface area contributed by atoms with Crippen molar-refractivity contribution in [3.63, 3.8) is 0 Å². The zero-order valence-electron chi connectivity index (χ0n) is 18.5. The van der Waals surface area contributed by atoms with E-state index in [4.69, 9.17) is 9.47 Å². The summed E-state index contributed by atoms with van der Waals surface area (Å²) in [5.41, 5.74) is 2.18. The topological polar surface area (TPSA) is 52.6 Å². The third-order valence-electron chi connectivity index (χ3n) is 5.08. The van der Waals surface area contributed by atoms with Crippen LogP contribution >= 0.6 is 0 Å². The molecule has 0 amide bonds. The van der Waals surface area contributed by atoms with Crippen LogP contribution in [0.15, 0.2) is 48.5 Å². The van der Waals surface area contributed by atoms with Crippen LogP contribution in [0.4, 0.5) is 0 Å². The van der Waals surface area contributed by atoms with Crippen molar-refractivity contribution < 1.29 is 19.1 Å². The molecule has 0 saturated heterocycles. The van der Waals surface area contributed by atoms with Crippen LogP contribution in [-0.4, -0.2) is 18.0 Å². The number of ether oxygens (including phenoxy) is 2. The third-order valence-corrected chi connectivity index (χ3v) is 5.08. The molecule has 162 valence electrons. The number of rotatable bonds is 12. The van der Waals surface area contributed by atoms with Crippen LogP contribution in [0.25, 0.3) is 0 Å². The molecule has 0 aromatic heterocycles. The van der Waals surface area contributed by atoms with E-state index in [0.717, 1.165) is 32.1 Å². The molecule has 0 radical (unpaired) electrons. The van der Waals surface area contributed by atoms with E-state index in [-0.39, 0.29) is 12.1 Å². The summed E-state index contributed by atoms with van der Waals surface area (Å²) in [5, 5.41) is 0. The van der Waals surface area contributed by atoms with Crippen LogP contribution in [0.1, 0.15) is 92.0 Å². The van der Waals surface area contributed by atoms with Gasteiger partial charge in [-0.15, -0.1) is 0 Å². The van der Waals surface area contributed by atoms with Crippen molar-refractivity contribution in [1.82, 2.24) is 0 Å². The van der Waals surface area contributed by atoms with Gasteiger partial charge >= 0.3 is 11.9 Å². The second-order valence-electron chi connectivity index (χ2n) is 7.78. The average Bonchev–Trinajstić information content (AvgIpc) is 2.76. The first-order chi connectivity index (χ1) is 14.5. The van der Waals surface area contributed by atoms with Gasteiger partial charge in [-0.25, -0.2) is 9.59 Å². The molecule has 0 fully saturated rings. The van der Waals surface area contributed by atoms with Crippen LogP contribution < -0.4 is 4.74 Å². The lowest BCUT2D eigenvalue weighted by Crippen LogP contribution is -2.15. The standard InChI is InChI=1S/C26H34O4/c1-4-6-8-9-10-20(3)29-25(27)23-16-18-24(19-17-23)30-26(28)22-14-12-21(13-15-22)11-7-5-2/h12-20H,4-11H2,1-3H3. The molecule has 2 aromatic rings. The van der Waals surface area contributed by atoms with Gasteiger partial charge in [0.05, 0.1) is 17.2 Å². The Balaban J connectivity index is 1.84. The maximum Gasteiger partial charge on any atom is 0.343 e. The molecule has 4 heteroatoms. The van der Waals surface area contributed by atoms with Gasteiger partial charge in [0.1, 0.15) is 5.75 Å². The lowest BCUT2D eigenvalue weighted by atomic mass is 10.1. The van der Waals surface area contributed by atoms with Crippen molar-refractivity contribution in [2.75, 3.05) is 0 Å². The molecule has 0 spiro atoms. The van der Waals surface area contributed by atoms with E-state index in [9.17, 15) is 9.59 Å². The largest absolute Gasteiger partial charge is 0.459 e. The molecule has 2 aromatic carbocycles. The van der Waals surface area contributed by atoms with E-state index in [1.54, 1.807) is 36.4 Å². The Morgan fingerprint density at radius 1 is 0.767 bits per heavy atom. The Labute approximate surface area is 180 Å². The van der Waals surface area contributed by atoms with Crippen molar-refractivity contribution in [1.29, 1.82) is 0 Å². The Bertz CT molecular complexity index is 778. The molecule has 4 nitrogen and oxygen atoms in total. The molecule has 0 aliphatic heterocycles. The van der Waals surface area contributed by atoms with Gasteiger partial charge < -0.3 is 9.47 Å². The van der Waals surface area contributed by atoms with E-state index in [1.807, 2.05) is 19.1 Å². The van der Waals surface area contributed by atoms with Crippen molar-refractivity contribution in [3.05, 3.63) is 65.2 Å². The first-order valence-corrected chi connectivity index (χ1v) is 11.2. The predicted molar refractivity (Wildman–Crippen MR) is 120 cm³/mol. The van der Waals surface area contributed by atoms with Gasteiger partial charge in [-0.1, -0.05) is 51.7 Å². The fourth-order valence-corrected chi connectivity index (χ4v) is 3.18. The Hall–Kier alpha value is -2.62. The minimum Gasteiger partial charge on any atom is -0.459 e. The molecule has 0 heterocycles. The molecule has 0 aliphatic carbocycles. The van der Waals surface area contributed by atoms with Crippen molar-refractivity contribution in [2.24, 2.45) is 0 Å². The van der Waals surface area contributed by atoms with Crippen LogP contribution in [0, 0.1) is 0 Å². The van der Waals surface area contributed by atoms with Gasteiger partial charge in [0.25, 0.3) is 0 Å². The second kappa shape index (κ2) is 12.8. The van der Waals surface area contributed by atoms with Crippen molar-refractivity contribution in [3.8, 4) is 5.75 Å². The maximum absolute atomic E-state index is 12.3. The van der Waals surface area contributed by atoms with E-state index in [1.165, 1.54) is 24.8 Å². The molecule has 1 unspecified atom stereocenters. The lowest BCUT2D eigenvalue weighted by Gasteiger charge is -2.13. The van der Waals surface area contributed by atoms with Crippen LogP contribution in [0.5, 0.6) is 5.75 Å². The smallest absolute Gasteiger partial charge is 0.343 e. The van der Waals surface area contributed by atoms with Crippen molar-refractivity contribution in [2.45, 2.75) is 78.2 Å². The van der Waals surface area contributed by atoms with E-state index >= 15 is 0 Å². The summed E-state index contributed by atoms with van der Waals surface area (Å²) in [5.74, 6) is -0.356. The highest BCUT2D eigenvalue weighted by atomic mass is 16.5. The monoisotopic (exact) mass is 410 g/mol. The fraction of sp³-hybridized carbons (Fsp3) is 0.462. The number of carbonyl (C=O) groups excluding carboxylic acids is 2. The summed E-state index contributed by atoms with van der Waals surface area (Å²) in [4.78, 5) is 24.6. The normalized spacial score (nSPS) is 11.7. The number of aryl methyl sites for hydroxylation is 1. The van der Waals surface area contributed by atoms with Gasteiger partial charge in [0.15, 0.2) is 0 Å². The van der Waals surface area contributed by atoms with E-state index < -0.39 is 5.97 Å². The number of hydrogen-bond acceptors (Lipinski definition) is 4. The molecule has 0 N–H and O–H groups in total. The maximum atomic E-state index is 12.3. The first kappa shape index (κ1) is 23.7. The highest BCUT2D eigenvalue weighted by Crippen LogP contribution is 2.17. The van der Waals surface area contributed by atoms with Crippen molar-refractivity contribution >= 4 is 11.9 Å². The molecule has 30 heavy (non-hydrogen) atoms. The summed E-state index contributed by atoms with van der Waals surface area (Å²) >= 11 is 0. The van der Waals surface area contributed by atoms with Crippen LogP contribution in [0.3, 0.4) is 0 Å². The predicted octanol–water partition coefficient (Wildman–Crippen LogP) is 6.76. The Morgan fingerprint density at radius 3 is 2.00 bits per heavy atom. The number of benzene rings is 2. The summed E-state index contributed by atoms with van der Waals surface area (Å²) < 4.78 is 10.9. The SMILES string of the molecule is CCCCCCC(C)OC(=O)c1ccc(OC(=O)c2ccc(CCCC)cc2)cc1. The zero-order chi connectivity index (χ0) is 21.8. The highest BCUT2D eigenvalue weighted by molar-refractivity contribution is 5.92. The summed E-state index contributed by atoms with van der Waals surface area (Å²) in [6.07, 6.45) is 8.70. The number of esters is 2. The van der Waals surface area contributed by atoms with Gasteiger partial charge in [0, 0.05) is 0 Å². The summed E-state index contributed by atoms with van der Waals surface area (Å²) in [6.45, 7) is 6.26.